The first kappa shape index (κ1) is 9.81. The summed E-state index contributed by atoms with van der Waals surface area (Å²) in [5, 5.41) is 0. The van der Waals surface area contributed by atoms with Crippen molar-refractivity contribution in [1.82, 2.24) is 10.9 Å². The van der Waals surface area contributed by atoms with E-state index in [1.165, 1.54) is 5.56 Å². The number of rotatable bonds is 3. The maximum absolute atomic E-state index is 11.2. The van der Waals surface area contributed by atoms with Crippen molar-refractivity contribution in [2.45, 2.75) is 31.1 Å². The molecule has 1 saturated heterocycles. The van der Waals surface area contributed by atoms with Crippen LogP contribution in [0.25, 0.3) is 0 Å². The van der Waals surface area contributed by atoms with Crippen LogP contribution in [0.3, 0.4) is 0 Å². The van der Waals surface area contributed by atoms with Crippen molar-refractivity contribution in [1.29, 1.82) is 0 Å². The van der Waals surface area contributed by atoms with E-state index in [-0.39, 0.29) is 17.6 Å². The van der Waals surface area contributed by atoms with Crippen molar-refractivity contribution < 1.29 is 9.53 Å². The van der Waals surface area contributed by atoms with Gasteiger partial charge in [-0.2, -0.15) is 0 Å². The number of amides is 1. The largest absolute Gasteiger partial charge is 0.373 e. The molecule has 1 saturated carbocycles. The molecule has 3 rings (SSSR count). The smallest absolute Gasteiger partial charge is 0.256 e. The first-order valence-electron chi connectivity index (χ1n) is 5.52. The first-order valence-corrected chi connectivity index (χ1v) is 5.52. The Kier molecular flexibility index (Phi) is 2.19. The Morgan fingerprint density at radius 3 is 2.62 bits per heavy atom. The summed E-state index contributed by atoms with van der Waals surface area (Å²) < 4.78 is 5.72. The molecule has 16 heavy (non-hydrogen) atoms. The van der Waals surface area contributed by atoms with Crippen LogP contribution in [0.15, 0.2) is 30.3 Å². The van der Waals surface area contributed by atoms with E-state index in [4.69, 9.17) is 4.74 Å². The van der Waals surface area contributed by atoms with E-state index in [1.807, 2.05) is 30.3 Å². The number of hydrazine groups is 1. The molecular formula is C12H14N2O2. The molecule has 1 aromatic carbocycles. The number of carbonyl (C=O) groups is 1. The average Bonchev–Trinajstić information content (AvgIpc) is 2.26. The van der Waals surface area contributed by atoms with Crippen LogP contribution in [-0.2, 0) is 16.1 Å². The topological polar surface area (TPSA) is 50.4 Å². The monoisotopic (exact) mass is 218 g/mol. The molecule has 4 heteroatoms. The minimum Gasteiger partial charge on any atom is -0.373 e. The van der Waals surface area contributed by atoms with E-state index in [0.29, 0.717) is 6.61 Å². The Bertz CT molecular complexity index is 399. The van der Waals surface area contributed by atoms with Crippen LogP contribution in [0, 0.1) is 0 Å². The second kappa shape index (κ2) is 3.57. The minimum atomic E-state index is -0.304. The van der Waals surface area contributed by atoms with Crippen molar-refractivity contribution in [3.63, 3.8) is 0 Å². The van der Waals surface area contributed by atoms with Gasteiger partial charge in [0.2, 0.25) is 0 Å². The van der Waals surface area contributed by atoms with Gasteiger partial charge in [0.25, 0.3) is 5.91 Å². The molecule has 1 spiro atoms. The molecule has 4 nitrogen and oxygen atoms in total. The number of ether oxygens (including phenoxy) is 1. The highest BCUT2D eigenvalue weighted by molar-refractivity contribution is 5.92. The van der Waals surface area contributed by atoms with Crippen LogP contribution in [0.5, 0.6) is 0 Å². The van der Waals surface area contributed by atoms with Crippen molar-refractivity contribution in [3.05, 3.63) is 35.9 Å². The SMILES string of the molecule is O=C1NN[C@]12C[C@@H](OCc1ccccc1)C2. The third-order valence-corrected chi connectivity index (χ3v) is 3.33. The van der Waals surface area contributed by atoms with Gasteiger partial charge >= 0.3 is 0 Å². The van der Waals surface area contributed by atoms with Gasteiger partial charge in [-0.05, 0) is 5.56 Å². The Morgan fingerprint density at radius 1 is 1.31 bits per heavy atom. The zero-order valence-corrected chi connectivity index (χ0v) is 8.90. The van der Waals surface area contributed by atoms with E-state index in [0.717, 1.165) is 12.8 Å². The van der Waals surface area contributed by atoms with Gasteiger partial charge in [0.05, 0.1) is 12.7 Å². The van der Waals surface area contributed by atoms with Crippen LogP contribution in [0.2, 0.25) is 0 Å². The molecule has 2 N–H and O–H groups in total. The van der Waals surface area contributed by atoms with Gasteiger partial charge in [0.15, 0.2) is 0 Å². The van der Waals surface area contributed by atoms with E-state index in [1.54, 1.807) is 0 Å². The van der Waals surface area contributed by atoms with Crippen LogP contribution in [0.4, 0.5) is 0 Å². The molecule has 0 radical (unpaired) electrons. The molecule has 1 aliphatic carbocycles. The third kappa shape index (κ3) is 1.50. The molecule has 1 aromatic rings. The fourth-order valence-electron chi connectivity index (χ4n) is 2.20. The molecule has 84 valence electrons. The lowest BCUT2D eigenvalue weighted by molar-refractivity contribution is -0.159. The zero-order valence-electron chi connectivity index (χ0n) is 8.90. The molecule has 0 atom stereocenters. The Labute approximate surface area is 94.0 Å². The Morgan fingerprint density at radius 2 is 2.06 bits per heavy atom. The molecule has 0 unspecified atom stereocenters. The number of carbonyl (C=O) groups excluding carboxylic acids is 1. The third-order valence-electron chi connectivity index (χ3n) is 3.33. The zero-order chi connectivity index (χ0) is 11.0. The minimum absolute atomic E-state index is 0.104. The summed E-state index contributed by atoms with van der Waals surface area (Å²) in [4.78, 5) is 11.2. The van der Waals surface area contributed by atoms with Crippen molar-refractivity contribution in [2.75, 3.05) is 0 Å². The van der Waals surface area contributed by atoms with E-state index in [9.17, 15) is 4.79 Å². The highest BCUT2D eigenvalue weighted by atomic mass is 16.5. The van der Waals surface area contributed by atoms with Gasteiger partial charge in [-0.25, -0.2) is 5.43 Å². The molecule has 0 aromatic heterocycles. The van der Waals surface area contributed by atoms with Gasteiger partial charge in [-0.1, -0.05) is 30.3 Å². The predicted molar refractivity (Wildman–Crippen MR) is 58.3 cm³/mol. The Balaban J connectivity index is 1.47. The second-order valence-electron chi connectivity index (χ2n) is 4.49. The summed E-state index contributed by atoms with van der Waals surface area (Å²) in [6, 6.07) is 10.1. The van der Waals surface area contributed by atoms with E-state index >= 15 is 0 Å². The van der Waals surface area contributed by atoms with Gasteiger partial charge in [-0.3, -0.25) is 10.2 Å². The molecule has 0 bridgehead atoms. The lowest BCUT2D eigenvalue weighted by Gasteiger charge is -2.52. The summed E-state index contributed by atoms with van der Waals surface area (Å²) >= 11 is 0. The van der Waals surface area contributed by atoms with E-state index < -0.39 is 0 Å². The number of benzene rings is 1. The molecule has 1 amide bonds. The lowest BCUT2D eigenvalue weighted by atomic mass is 9.72. The highest BCUT2D eigenvalue weighted by Gasteiger charge is 2.56. The number of hydrogen-bond acceptors (Lipinski definition) is 3. The van der Waals surface area contributed by atoms with Crippen molar-refractivity contribution in [2.24, 2.45) is 0 Å². The number of nitrogens with one attached hydrogen (secondary N) is 2. The fourth-order valence-corrected chi connectivity index (χ4v) is 2.20. The normalized spacial score (nSPS) is 31.8. The van der Waals surface area contributed by atoms with Crippen LogP contribution in [-0.4, -0.2) is 17.6 Å². The summed E-state index contributed by atoms with van der Waals surface area (Å²) in [6.45, 7) is 0.628. The average molecular weight is 218 g/mol. The number of hydrogen-bond donors (Lipinski definition) is 2. The molecule has 2 aliphatic rings. The summed E-state index contributed by atoms with van der Waals surface area (Å²) in [5.41, 5.74) is 6.38. The van der Waals surface area contributed by atoms with Gasteiger partial charge in [-0.15, -0.1) is 0 Å². The van der Waals surface area contributed by atoms with Gasteiger partial charge in [0.1, 0.15) is 5.54 Å². The standard InChI is InChI=1S/C12H14N2O2/c15-11-12(14-13-11)6-10(7-12)16-8-9-4-2-1-3-5-9/h1-5,10,14H,6-8H2,(H,13,15)/t10-,12+. The van der Waals surface area contributed by atoms with Crippen molar-refractivity contribution >= 4 is 5.91 Å². The van der Waals surface area contributed by atoms with E-state index in [2.05, 4.69) is 10.9 Å². The molecular weight excluding hydrogens is 204 g/mol. The summed E-state index contributed by atoms with van der Waals surface area (Å²) in [5.74, 6) is 0.104. The first-order chi connectivity index (χ1) is 7.78. The Hall–Kier alpha value is -1.39. The molecule has 1 aliphatic heterocycles. The second-order valence-corrected chi connectivity index (χ2v) is 4.49. The van der Waals surface area contributed by atoms with Crippen LogP contribution in [0.1, 0.15) is 18.4 Å². The van der Waals surface area contributed by atoms with Gasteiger partial charge in [0, 0.05) is 12.8 Å². The lowest BCUT2D eigenvalue weighted by Crippen LogP contribution is -2.80. The summed E-state index contributed by atoms with van der Waals surface area (Å²) in [6.07, 6.45) is 1.77. The quantitative estimate of drug-likeness (QED) is 0.786. The predicted octanol–water partition coefficient (Wildman–Crippen LogP) is 0.739. The maximum Gasteiger partial charge on any atom is 0.256 e. The fraction of sp³-hybridized carbons (Fsp3) is 0.417. The maximum atomic E-state index is 11.2. The molecule has 1 heterocycles. The molecule has 2 fully saturated rings. The van der Waals surface area contributed by atoms with Crippen LogP contribution >= 0.6 is 0 Å². The van der Waals surface area contributed by atoms with Gasteiger partial charge < -0.3 is 4.74 Å². The van der Waals surface area contributed by atoms with Crippen LogP contribution < -0.4 is 10.9 Å². The summed E-state index contributed by atoms with van der Waals surface area (Å²) in [7, 11) is 0. The van der Waals surface area contributed by atoms with Crippen molar-refractivity contribution in [3.8, 4) is 0 Å². The highest BCUT2D eigenvalue weighted by Crippen LogP contribution is 2.37.